The van der Waals surface area contributed by atoms with Crippen molar-refractivity contribution in [2.24, 2.45) is 0 Å². The van der Waals surface area contributed by atoms with Gasteiger partial charge in [-0.2, -0.15) is 0 Å². The first-order chi connectivity index (χ1) is 25.3. The minimum absolute atomic E-state index is 0.0292. The average Bonchev–Trinajstić information content (AvgIpc) is 3.11. The van der Waals surface area contributed by atoms with Crippen LogP contribution in [0.1, 0.15) is 259 Å². The third-order valence-corrected chi connectivity index (χ3v) is 9.43. The standard InChI is InChI=1S/2C22H44O2.H2O3S/c2*1-3-5-6-7-8-9-10-11-12-13-14-15-16-17-18-19-21-24-22(23)20-4-2;1-4(2)3/h2*3-21H2,1-2H3;4H,(H,1,2,3). The summed E-state index contributed by atoms with van der Waals surface area (Å²) in [5, 5.41) is 0. The highest BCUT2D eigenvalue weighted by atomic mass is 32.2. The average molecular weight is 763 g/mol. The van der Waals surface area contributed by atoms with Crippen molar-refractivity contribution in [1.82, 2.24) is 0 Å². The van der Waals surface area contributed by atoms with Gasteiger partial charge in [0.15, 0.2) is 0 Å². The van der Waals surface area contributed by atoms with Gasteiger partial charge in [0.1, 0.15) is 0 Å². The lowest BCUT2D eigenvalue weighted by molar-refractivity contribution is -0.144. The topological polar surface area (TPSA) is 107 Å². The monoisotopic (exact) mass is 763 g/mol. The number of carbonyl (C=O) groups excluding carboxylic acids is 2. The zero-order valence-electron chi connectivity index (χ0n) is 35.2. The van der Waals surface area contributed by atoms with Gasteiger partial charge >= 0.3 is 11.9 Å². The number of ether oxygens (including phenoxy) is 2. The molecule has 0 aromatic heterocycles. The molecule has 0 fully saturated rings. The summed E-state index contributed by atoms with van der Waals surface area (Å²) < 4.78 is 34.5. The molecule has 0 radical (unpaired) electrons. The summed E-state index contributed by atoms with van der Waals surface area (Å²) in [6, 6.07) is 0. The predicted octanol–water partition coefficient (Wildman–Crippen LogP) is 14.3. The number of carbonyl (C=O) groups is 2. The van der Waals surface area contributed by atoms with Crippen molar-refractivity contribution in [3.8, 4) is 0 Å². The van der Waals surface area contributed by atoms with Crippen LogP contribution in [0.25, 0.3) is 0 Å². The summed E-state index contributed by atoms with van der Waals surface area (Å²) in [7, 11) is -3.12. The van der Waals surface area contributed by atoms with E-state index in [0.717, 1.165) is 25.7 Å². The minimum Gasteiger partial charge on any atom is -0.466 e. The van der Waals surface area contributed by atoms with E-state index in [1.807, 2.05) is 13.8 Å². The molecule has 0 atom stereocenters. The maximum atomic E-state index is 11.2. The second kappa shape index (κ2) is 52.0. The van der Waals surface area contributed by atoms with Crippen molar-refractivity contribution < 1.29 is 32.0 Å². The lowest BCUT2D eigenvalue weighted by atomic mass is 10.0. The largest absolute Gasteiger partial charge is 0.466 e. The molecule has 52 heavy (non-hydrogen) atoms. The second-order valence-electron chi connectivity index (χ2n) is 14.8. The lowest BCUT2D eigenvalue weighted by Gasteiger charge is -2.04. The summed E-state index contributed by atoms with van der Waals surface area (Å²) in [5.41, 5.74) is 0. The number of hydrogen-bond donors (Lipinski definition) is 2. The zero-order valence-corrected chi connectivity index (χ0v) is 36.1. The van der Waals surface area contributed by atoms with Crippen molar-refractivity contribution in [3.63, 3.8) is 0 Å². The van der Waals surface area contributed by atoms with Crippen LogP contribution in [0.5, 0.6) is 0 Å². The molecule has 0 saturated heterocycles. The van der Waals surface area contributed by atoms with Crippen LogP contribution in [0.2, 0.25) is 0 Å². The van der Waals surface area contributed by atoms with E-state index in [2.05, 4.69) is 13.8 Å². The summed E-state index contributed by atoms with van der Waals surface area (Å²) in [5.74, 6) is -0.0584. The van der Waals surface area contributed by atoms with Crippen LogP contribution in [0.15, 0.2) is 0 Å². The van der Waals surface area contributed by atoms with Crippen LogP contribution in [0.4, 0.5) is 0 Å². The number of thiol groups is 1. The molecule has 0 unspecified atom stereocenters. The Morgan fingerprint density at radius 2 is 0.519 bits per heavy atom. The molecular weight excluding hydrogens is 673 g/mol. The maximum Gasteiger partial charge on any atom is 0.305 e. The first kappa shape index (κ1) is 55.2. The Bertz CT molecular complexity index is 697. The van der Waals surface area contributed by atoms with E-state index in [9.17, 15) is 9.59 Å². The molecule has 0 aromatic rings. The van der Waals surface area contributed by atoms with Gasteiger partial charge in [0.05, 0.1) is 13.2 Å². The van der Waals surface area contributed by atoms with Crippen LogP contribution in [-0.4, -0.2) is 38.1 Å². The summed E-state index contributed by atoms with van der Waals surface area (Å²) in [6.07, 6.45) is 46.9. The minimum atomic E-state index is -3.12. The molecule has 0 rings (SSSR count). The molecule has 0 aliphatic rings. The Kier molecular flexibility index (Phi) is 55.1. The van der Waals surface area contributed by atoms with Crippen LogP contribution in [0, 0.1) is 0 Å². The van der Waals surface area contributed by atoms with Crippen molar-refractivity contribution in [3.05, 3.63) is 0 Å². The Labute approximate surface area is 326 Å². The zero-order chi connectivity index (χ0) is 39.0. The van der Waals surface area contributed by atoms with Crippen LogP contribution < -0.4 is 0 Å². The van der Waals surface area contributed by atoms with Gasteiger partial charge < -0.3 is 9.47 Å². The molecule has 314 valence electrons. The molecule has 0 aromatic carbocycles. The fraction of sp³-hybridized carbons (Fsp3) is 0.955. The fourth-order valence-corrected chi connectivity index (χ4v) is 6.22. The van der Waals surface area contributed by atoms with E-state index in [1.54, 1.807) is 0 Å². The van der Waals surface area contributed by atoms with Crippen molar-refractivity contribution in [2.45, 2.75) is 259 Å². The number of esters is 2. The molecule has 0 saturated carbocycles. The first-order valence-electron chi connectivity index (χ1n) is 22.5. The van der Waals surface area contributed by atoms with E-state index in [-0.39, 0.29) is 11.9 Å². The van der Waals surface area contributed by atoms with Gasteiger partial charge in [0, 0.05) is 12.8 Å². The molecule has 7 nitrogen and oxygen atoms in total. The smallest absolute Gasteiger partial charge is 0.305 e. The summed E-state index contributed by atoms with van der Waals surface area (Å²) in [6.45, 7) is 9.83. The van der Waals surface area contributed by atoms with Gasteiger partial charge in [0.25, 0.3) is 11.0 Å². The van der Waals surface area contributed by atoms with Crippen LogP contribution in [0.3, 0.4) is 0 Å². The molecule has 0 bridgehead atoms. The Morgan fingerprint density at radius 1 is 0.346 bits per heavy atom. The van der Waals surface area contributed by atoms with Crippen molar-refractivity contribution in [2.75, 3.05) is 13.2 Å². The summed E-state index contributed by atoms with van der Waals surface area (Å²) >= 11 is 0. The number of rotatable bonds is 38. The summed E-state index contributed by atoms with van der Waals surface area (Å²) in [4.78, 5) is 22.4. The predicted molar refractivity (Wildman–Crippen MR) is 224 cm³/mol. The molecule has 0 amide bonds. The molecular formula is C44H90O7S. The van der Waals surface area contributed by atoms with E-state index in [4.69, 9.17) is 22.4 Å². The number of hydrogen-bond acceptors (Lipinski definition) is 6. The highest BCUT2D eigenvalue weighted by Crippen LogP contribution is 2.15. The normalized spacial score (nSPS) is 10.7. The second-order valence-corrected chi connectivity index (χ2v) is 15.3. The van der Waals surface area contributed by atoms with Gasteiger partial charge in [-0.25, -0.2) is 8.42 Å². The first-order valence-corrected chi connectivity index (χ1v) is 23.6. The Hall–Kier alpha value is -1.15. The van der Waals surface area contributed by atoms with E-state index >= 15 is 0 Å². The molecule has 0 aliphatic carbocycles. The quantitative estimate of drug-likeness (QED) is 0.0279. The molecule has 1 N–H and O–H groups in total. The van der Waals surface area contributed by atoms with Crippen LogP contribution >= 0.6 is 0 Å². The van der Waals surface area contributed by atoms with Gasteiger partial charge in [-0.05, 0) is 25.7 Å². The fourth-order valence-electron chi connectivity index (χ4n) is 6.22. The number of unbranched alkanes of at least 4 members (excludes halogenated alkanes) is 30. The van der Waals surface area contributed by atoms with E-state index < -0.39 is 11.0 Å². The van der Waals surface area contributed by atoms with Crippen molar-refractivity contribution in [1.29, 1.82) is 0 Å². The Balaban J connectivity index is -0.000000836. The van der Waals surface area contributed by atoms with Crippen molar-refractivity contribution >= 4 is 22.9 Å². The third-order valence-electron chi connectivity index (χ3n) is 9.43. The van der Waals surface area contributed by atoms with Gasteiger partial charge in [0.2, 0.25) is 0 Å². The third kappa shape index (κ3) is 60.9. The molecule has 0 heterocycles. The molecule has 0 spiro atoms. The SMILES string of the molecule is CCCCCCCCCCCCCCCCCCOC(=O)CCC.CCCCCCCCCCCCCCCCCCOC(=O)CCC.O=[SH](=O)O. The van der Waals surface area contributed by atoms with Gasteiger partial charge in [-0.1, -0.05) is 220 Å². The molecule has 0 aliphatic heterocycles. The lowest BCUT2D eigenvalue weighted by Crippen LogP contribution is -2.04. The van der Waals surface area contributed by atoms with Gasteiger partial charge in [-0.3, -0.25) is 14.1 Å². The highest BCUT2D eigenvalue weighted by molar-refractivity contribution is 7.66. The van der Waals surface area contributed by atoms with E-state index in [0.29, 0.717) is 26.1 Å². The molecule has 8 heteroatoms. The Morgan fingerprint density at radius 3 is 0.692 bits per heavy atom. The highest BCUT2D eigenvalue weighted by Gasteiger charge is 2.01. The van der Waals surface area contributed by atoms with Crippen LogP contribution in [-0.2, 0) is 30.0 Å². The maximum absolute atomic E-state index is 11.2. The van der Waals surface area contributed by atoms with E-state index in [1.165, 1.54) is 193 Å². The van der Waals surface area contributed by atoms with Gasteiger partial charge in [-0.15, -0.1) is 0 Å².